The lowest BCUT2D eigenvalue weighted by Gasteiger charge is -2.31. The van der Waals surface area contributed by atoms with E-state index in [-0.39, 0.29) is 42.7 Å². The Morgan fingerprint density at radius 1 is 1.13 bits per heavy atom. The Bertz CT molecular complexity index is 1350. The van der Waals surface area contributed by atoms with Crippen molar-refractivity contribution in [2.75, 3.05) is 26.1 Å². The van der Waals surface area contributed by atoms with Crippen LogP contribution in [0.3, 0.4) is 0 Å². The van der Waals surface area contributed by atoms with Gasteiger partial charge in [-0.1, -0.05) is 23.7 Å². The number of fused-ring (bicyclic) bond motifs is 1. The molecule has 0 aliphatic heterocycles. The lowest BCUT2D eigenvalue weighted by molar-refractivity contribution is -0.169. The Kier molecular flexibility index (Phi) is 10.5. The van der Waals surface area contributed by atoms with E-state index < -0.39 is 29.7 Å². The molecule has 0 saturated carbocycles. The standard InChI is InChI=1S/C26H28ClF2N5O5/c1-16(35)34(31-14-18-5-4-6-22(29)25(18)27)21(9-10-24(36)33(2)38-3)15-39-26(37)32-23-12-19-11-20(28)8-7-17(19)13-30-23/h4-8,11-13,21,31H,9-10,14-15H2,1-3H3,(H,30,32,37)/t21-/m0/s1. The van der Waals surface area contributed by atoms with Crippen LogP contribution in [-0.4, -0.2) is 59.8 Å². The molecular formula is C26H28ClF2N5O5. The van der Waals surface area contributed by atoms with Crippen LogP contribution in [0.1, 0.15) is 25.3 Å². The molecule has 2 N–H and O–H groups in total. The van der Waals surface area contributed by atoms with Gasteiger partial charge in [0.2, 0.25) is 11.8 Å². The molecule has 0 unspecified atom stereocenters. The van der Waals surface area contributed by atoms with E-state index in [0.29, 0.717) is 16.3 Å². The molecule has 3 rings (SSSR count). The monoisotopic (exact) mass is 563 g/mol. The average Bonchev–Trinajstić information content (AvgIpc) is 2.90. The van der Waals surface area contributed by atoms with Gasteiger partial charge in [0.1, 0.15) is 24.1 Å². The summed E-state index contributed by atoms with van der Waals surface area (Å²) in [6, 6.07) is 9.15. The van der Waals surface area contributed by atoms with Crippen molar-refractivity contribution in [3.8, 4) is 0 Å². The lowest BCUT2D eigenvalue weighted by atomic mass is 10.1. The quantitative estimate of drug-likeness (QED) is 0.332. The van der Waals surface area contributed by atoms with Crippen LogP contribution < -0.4 is 10.7 Å². The van der Waals surface area contributed by atoms with Crippen molar-refractivity contribution in [2.24, 2.45) is 0 Å². The molecule has 3 amide bonds. The fourth-order valence-electron chi connectivity index (χ4n) is 3.68. The molecular weight excluding hydrogens is 536 g/mol. The number of aromatic nitrogens is 1. The third-order valence-electron chi connectivity index (χ3n) is 5.81. The molecule has 0 aliphatic rings. The molecule has 3 aromatic rings. The number of nitrogens with one attached hydrogen (secondary N) is 2. The Hall–Kier alpha value is -3.87. The van der Waals surface area contributed by atoms with Gasteiger partial charge in [-0.25, -0.2) is 29.0 Å². The van der Waals surface area contributed by atoms with E-state index in [4.69, 9.17) is 21.2 Å². The van der Waals surface area contributed by atoms with Crippen molar-refractivity contribution in [2.45, 2.75) is 32.4 Å². The van der Waals surface area contributed by atoms with Gasteiger partial charge in [-0.05, 0) is 47.7 Å². The Balaban J connectivity index is 1.71. The highest BCUT2D eigenvalue weighted by Gasteiger charge is 2.25. The number of benzene rings is 2. The van der Waals surface area contributed by atoms with E-state index in [1.807, 2.05) is 0 Å². The van der Waals surface area contributed by atoms with E-state index in [9.17, 15) is 23.2 Å². The summed E-state index contributed by atoms with van der Waals surface area (Å²) in [6.45, 7) is 0.971. The maximum Gasteiger partial charge on any atom is 0.412 e. The van der Waals surface area contributed by atoms with Crippen LogP contribution in [0.4, 0.5) is 19.4 Å². The SMILES string of the molecule is CON(C)C(=O)CC[C@@H](COC(=O)Nc1cc2cc(F)ccc2cn1)N(NCc1cccc(F)c1Cl)C(C)=O. The first-order chi connectivity index (χ1) is 18.6. The first kappa shape index (κ1) is 29.7. The fraction of sp³-hybridized carbons (Fsp3) is 0.308. The number of hydrazine groups is 1. The number of nitrogens with zero attached hydrogens (tertiary/aromatic N) is 3. The van der Waals surface area contributed by atoms with Gasteiger partial charge in [0.15, 0.2) is 0 Å². The first-order valence-electron chi connectivity index (χ1n) is 11.8. The van der Waals surface area contributed by atoms with Crippen LogP contribution in [0.2, 0.25) is 5.02 Å². The van der Waals surface area contributed by atoms with E-state index >= 15 is 0 Å². The molecule has 10 nitrogen and oxygen atoms in total. The number of hydrogen-bond donors (Lipinski definition) is 2. The third-order valence-corrected chi connectivity index (χ3v) is 6.24. The molecule has 0 aliphatic carbocycles. The molecule has 0 bridgehead atoms. The summed E-state index contributed by atoms with van der Waals surface area (Å²) in [4.78, 5) is 46.4. The molecule has 0 fully saturated rings. The van der Waals surface area contributed by atoms with E-state index in [2.05, 4.69) is 15.7 Å². The van der Waals surface area contributed by atoms with Crippen molar-refractivity contribution in [3.05, 3.63) is 70.9 Å². The number of hydroxylamine groups is 2. The summed E-state index contributed by atoms with van der Waals surface area (Å²) >= 11 is 6.03. The van der Waals surface area contributed by atoms with Crippen molar-refractivity contribution in [1.29, 1.82) is 0 Å². The zero-order valence-corrected chi connectivity index (χ0v) is 22.3. The average molecular weight is 564 g/mol. The maximum atomic E-state index is 13.9. The highest BCUT2D eigenvalue weighted by molar-refractivity contribution is 6.31. The van der Waals surface area contributed by atoms with E-state index in [1.54, 1.807) is 12.1 Å². The largest absolute Gasteiger partial charge is 0.447 e. The fourth-order valence-corrected chi connectivity index (χ4v) is 3.87. The minimum atomic E-state index is -0.875. The summed E-state index contributed by atoms with van der Waals surface area (Å²) in [5, 5.41) is 5.82. The van der Waals surface area contributed by atoms with Crippen molar-refractivity contribution in [3.63, 3.8) is 0 Å². The normalized spacial score (nSPS) is 11.6. The summed E-state index contributed by atoms with van der Waals surface area (Å²) < 4.78 is 32.8. The topological polar surface area (TPSA) is 113 Å². The van der Waals surface area contributed by atoms with Crippen LogP contribution in [0, 0.1) is 11.6 Å². The number of pyridine rings is 1. The molecule has 0 spiro atoms. The van der Waals surface area contributed by atoms with Crippen LogP contribution in [0.15, 0.2) is 48.7 Å². The number of amides is 3. The van der Waals surface area contributed by atoms with Gasteiger partial charge in [0.05, 0.1) is 18.2 Å². The lowest BCUT2D eigenvalue weighted by Crippen LogP contribution is -2.51. The van der Waals surface area contributed by atoms with Crippen molar-refractivity contribution < 1.29 is 32.7 Å². The highest BCUT2D eigenvalue weighted by Crippen LogP contribution is 2.21. The van der Waals surface area contributed by atoms with Gasteiger partial charge >= 0.3 is 6.09 Å². The van der Waals surface area contributed by atoms with Crippen molar-refractivity contribution >= 4 is 46.1 Å². The van der Waals surface area contributed by atoms with E-state index in [1.165, 1.54) is 62.6 Å². The van der Waals surface area contributed by atoms with Crippen molar-refractivity contribution in [1.82, 2.24) is 20.5 Å². The Labute approximate surface area is 228 Å². The van der Waals surface area contributed by atoms with Crippen LogP contribution in [-0.2, 0) is 25.7 Å². The minimum absolute atomic E-state index is 0.0115. The molecule has 1 heterocycles. The number of hydrogen-bond acceptors (Lipinski definition) is 7. The molecule has 1 atom stereocenters. The van der Waals surface area contributed by atoms with Gasteiger partial charge < -0.3 is 4.74 Å². The highest BCUT2D eigenvalue weighted by atomic mass is 35.5. The second kappa shape index (κ2) is 13.8. The number of rotatable bonds is 11. The summed E-state index contributed by atoms with van der Waals surface area (Å²) in [5.41, 5.74) is 3.28. The predicted molar refractivity (Wildman–Crippen MR) is 140 cm³/mol. The molecule has 13 heteroatoms. The first-order valence-corrected chi connectivity index (χ1v) is 12.2. The Morgan fingerprint density at radius 2 is 1.90 bits per heavy atom. The summed E-state index contributed by atoms with van der Waals surface area (Å²) in [5.74, 6) is -1.72. The molecule has 208 valence electrons. The van der Waals surface area contributed by atoms with Crippen LogP contribution in [0.25, 0.3) is 10.8 Å². The second-order valence-electron chi connectivity index (χ2n) is 8.49. The second-order valence-corrected chi connectivity index (χ2v) is 8.87. The molecule has 0 radical (unpaired) electrons. The van der Waals surface area contributed by atoms with Gasteiger partial charge in [0, 0.05) is 38.5 Å². The number of halogens is 3. The number of carbonyl (C=O) groups is 3. The van der Waals surface area contributed by atoms with Gasteiger partial charge in [-0.2, -0.15) is 0 Å². The van der Waals surface area contributed by atoms with Gasteiger partial charge in [-0.3, -0.25) is 24.8 Å². The smallest absolute Gasteiger partial charge is 0.412 e. The molecule has 1 aromatic heterocycles. The minimum Gasteiger partial charge on any atom is -0.447 e. The van der Waals surface area contributed by atoms with Gasteiger partial charge in [-0.15, -0.1) is 0 Å². The summed E-state index contributed by atoms with van der Waals surface area (Å²) in [6.07, 6.45) is 0.658. The Morgan fingerprint density at radius 3 is 2.62 bits per heavy atom. The number of anilines is 1. The van der Waals surface area contributed by atoms with Gasteiger partial charge in [0.25, 0.3) is 0 Å². The number of ether oxygens (including phenoxy) is 1. The third kappa shape index (κ3) is 8.31. The zero-order chi connectivity index (χ0) is 28.5. The summed E-state index contributed by atoms with van der Waals surface area (Å²) in [7, 11) is 2.78. The molecule has 0 saturated heterocycles. The zero-order valence-electron chi connectivity index (χ0n) is 21.5. The molecule has 39 heavy (non-hydrogen) atoms. The van der Waals surface area contributed by atoms with Crippen LogP contribution >= 0.6 is 11.6 Å². The number of carbonyl (C=O) groups excluding carboxylic acids is 3. The molecule has 2 aromatic carbocycles. The predicted octanol–water partition coefficient (Wildman–Crippen LogP) is 4.44. The van der Waals surface area contributed by atoms with E-state index in [0.717, 1.165) is 5.06 Å². The van der Waals surface area contributed by atoms with Crippen LogP contribution in [0.5, 0.6) is 0 Å². The maximum absolute atomic E-state index is 13.9.